The highest BCUT2D eigenvalue weighted by Gasteiger charge is 2.29. The van der Waals surface area contributed by atoms with Gasteiger partial charge in [0.15, 0.2) is 0 Å². The molecule has 0 fully saturated rings. The van der Waals surface area contributed by atoms with Crippen LogP contribution in [0, 0.1) is 13.8 Å². The maximum atomic E-state index is 10.7. The molecule has 3 aromatic rings. The molecule has 28 heavy (non-hydrogen) atoms. The number of aliphatic imine (C=N–C) groups is 1. The lowest BCUT2D eigenvalue weighted by atomic mass is 9.94. The first-order valence-electron chi connectivity index (χ1n) is 9.70. The Labute approximate surface area is 170 Å². The third-order valence-corrected chi connectivity index (χ3v) is 7.17. The van der Waals surface area contributed by atoms with Crippen molar-refractivity contribution in [2.24, 2.45) is 4.99 Å². The summed E-state index contributed by atoms with van der Waals surface area (Å²) < 4.78 is 0. The lowest BCUT2D eigenvalue weighted by molar-refractivity contribution is 0.452. The first kappa shape index (κ1) is 20.3. The van der Waals surface area contributed by atoms with Gasteiger partial charge in [0, 0.05) is 22.5 Å². The second kappa shape index (κ2) is 8.71. The lowest BCUT2D eigenvalue weighted by Crippen LogP contribution is -2.20. The number of aryl methyl sites for hydroxylation is 2. The van der Waals surface area contributed by atoms with Gasteiger partial charge < -0.3 is 5.11 Å². The highest BCUT2D eigenvalue weighted by molar-refractivity contribution is 7.48. The van der Waals surface area contributed by atoms with Gasteiger partial charge in [0.25, 0.3) is 0 Å². The van der Waals surface area contributed by atoms with Gasteiger partial charge >= 0.3 is 0 Å². The van der Waals surface area contributed by atoms with Crippen molar-refractivity contribution in [1.29, 1.82) is 0 Å². The standard InChI is InChI=1S/C25H28NOP/c1-5-25(4,22-13-9-10-19(3)24(22)27)28-23-15-14-18(2)16-20(23)17-26-21-11-7-6-8-12-21/h6-17,27-28H,5H2,1-4H3. The van der Waals surface area contributed by atoms with Crippen LogP contribution in [0.15, 0.2) is 71.7 Å². The van der Waals surface area contributed by atoms with Gasteiger partial charge in [-0.3, -0.25) is 4.99 Å². The predicted molar refractivity (Wildman–Crippen MR) is 123 cm³/mol. The molecule has 0 aromatic heterocycles. The van der Waals surface area contributed by atoms with Crippen LogP contribution in [0.25, 0.3) is 0 Å². The van der Waals surface area contributed by atoms with Gasteiger partial charge in [-0.05, 0) is 49.3 Å². The van der Waals surface area contributed by atoms with E-state index < -0.39 is 0 Å². The number of nitrogens with zero attached hydrogens (tertiary/aromatic N) is 1. The highest BCUT2D eigenvalue weighted by atomic mass is 31.1. The summed E-state index contributed by atoms with van der Waals surface area (Å²) in [4.78, 5) is 4.67. The zero-order valence-electron chi connectivity index (χ0n) is 17.0. The molecular formula is C25H28NOP. The normalized spacial score (nSPS) is 14.0. The summed E-state index contributed by atoms with van der Waals surface area (Å²) in [7, 11) is 0.530. The van der Waals surface area contributed by atoms with Crippen molar-refractivity contribution < 1.29 is 5.11 Å². The molecule has 1 N–H and O–H groups in total. The van der Waals surface area contributed by atoms with Crippen molar-refractivity contribution in [2.45, 2.75) is 39.3 Å². The van der Waals surface area contributed by atoms with Crippen LogP contribution in [-0.4, -0.2) is 11.3 Å². The van der Waals surface area contributed by atoms with E-state index in [1.54, 1.807) is 0 Å². The van der Waals surface area contributed by atoms with Gasteiger partial charge in [-0.1, -0.05) is 76.5 Å². The molecule has 2 nitrogen and oxygen atoms in total. The summed E-state index contributed by atoms with van der Waals surface area (Å²) in [6, 6.07) is 22.6. The Morgan fingerprint density at radius 3 is 2.46 bits per heavy atom. The molecule has 0 saturated heterocycles. The maximum Gasteiger partial charge on any atom is 0.122 e. The Kier molecular flexibility index (Phi) is 6.31. The second-order valence-corrected chi connectivity index (χ2v) is 9.36. The zero-order chi connectivity index (χ0) is 20.1. The van der Waals surface area contributed by atoms with Crippen LogP contribution in [0.3, 0.4) is 0 Å². The van der Waals surface area contributed by atoms with E-state index in [2.05, 4.69) is 50.0 Å². The summed E-state index contributed by atoms with van der Waals surface area (Å²) in [5.41, 5.74) is 5.28. The van der Waals surface area contributed by atoms with E-state index in [0.29, 0.717) is 14.3 Å². The molecule has 0 saturated carbocycles. The third-order valence-electron chi connectivity index (χ3n) is 5.27. The molecule has 0 aliphatic rings. The quantitative estimate of drug-likeness (QED) is 0.384. The minimum atomic E-state index is -0.124. The monoisotopic (exact) mass is 389 g/mol. The van der Waals surface area contributed by atoms with Gasteiger partial charge in [-0.15, -0.1) is 0 Å². The van der Waals surface area contributed by atoms with Crippen LogP contribution in [0.1, 0.15) is 42.5 Å². The summed E-state index contributed by atoms with van der Waals surface area (Å²) in [5.74, 6) is 0.422. The second-order valence-electron chi connectivity index (χ2n) is 7.47. The molecule has 0 spiro atoms. The molecule has 0 aliphatic carbocycles. The van der Waals surface area contributed by atoms with Crippen molar-refractivity contribution in [3.05, 3.63) is 89.0 Å². The molecule has 2 unspecified atom stereocenters. The van der Waals surface area contributed by atoms with Crippen molar-refractivity contribution in [1.82, 2.24) is 0 Å². The first-order valence-corrected chi connectivity index (χ1v) is 10.7. The number of rotatable bonds is 6. The molecule has 0 aliphatic heterocycles. The molecule has 3 rings (SSSR count). The Morgan fingerprint density at radius 1 is 1.00 bits per heavy atom. The molecule has 144 valence electrons. The van der Waals surface area contributed by atoms with Crippen LogP contribution in [-0.2, 0) is 5.16 Å². The molecule has 3 heteroatoms. The zero-order valence-corrected chi connectivity index (χ0v) is 18.0. The number of phenols is 1. The van der Waals surface area contributed by atoms with E-state index in [4.69, 9.17) is 0 Å². The van der Waals surface area contributed by atoms with Crippen molar-refractivity contribution in [3.63, 3.8) is 0 Å². The number of hydrogen-bond donors (Lipinski definition) is 1. The Bertz CT molecular complexity index is 981. The fourth-order valence-electron chi connectivity index (χ4n) is 3.31. The van der Waals surface area contributed by atoms with Crippen molar-refractivity contribution in [2.75, 3.05) is 0 Å². The van der Waals surface area contributed by atoms with Gasteiger partial charge in [0.2, 0.25) is 0 Å². The van der Waals surface area contributed by atoms with E-state index in [1.165, 1.54) is 10.9 Å². The fraction of sp³-hybridized carbons (Fsp3) is 0.240. The molecule has 0 heterocycles. The minimum absolute atomic E-state index is 0.124. The number of phenolic OH excluding ortho intramolecular Hbond substituents is 1. The Morgan fingerprint density at radius 2 is 1.75 bits per heavy atom. The van der Waals surface area contributed by atoms with E-state index in [0.717, 1.165) is 28.8 Å². The van der Waals surface area contributed by atoms with Crippen LogP contribution >= 0.6 is 8.58 Å². The van der Waals surface area contributed by atoms with E-state index in [9.17, 15) is 5.11 Å². The van der Waals surface area contributed by atoms with E-state index >= 15 is 0 Å². The van der Waals surface area contributed by atoms with Crippen LogP contribution in [0.5, 0.6) is 5.75 Å². The third kappa shape index (κ3) is 4.51. The number of benzene rings is 3. The van der Waals surface area contributed by atoms with Crippen molar-refractivity contribution in [3.8, 4) is 5.75 Å². The average Bonchev–Trinajstić information content (AvgIpc) is 2.71. The summed E-state index contributed by atoms with van der Waals surface area (Å²) >= 11 is 0. The van der Waals surface area contributed by atoms with Gasteiger partial charge in [0.1, 0.15) is 5.75 Å². The van der Waals surface area contributed by atoms with Crippen LogP contribution in [0.4, 0.5) is 5.69 Å². The fourth-order valence-corrected chi connectivity index (χ4v) is 4.86. The Balaban J connectivity index is 1.99. The number of aromatic hydroxyl groups is 1. The van der Waals surface area contributed by atoms with Gasteiger partial charge in [0.05, 0.1) is 5.69 Å². The van der Waals surface area contributed by atoms with E-state index in [1.807, 2.05) is 55.6 Å². The number of hydrogen-bond acceptors (Lipinski definition) is 2. The van der Waals surface area contributed by atoms with Crippen LogP contribution in [0.2, 0.25) is 0 Å². The lowest BCUT2D eigenvalue weighted by Gasteiger charge is -2.31. The summed E-state index contributed by atoms with van der Waals surface area (Å²) in [5, 5.41) is 11.8. The first-order chi connectivity index (χ1) is 13.4. The summed E-state index contributed by atoms with van der Waals surface area (Å²) in [6.45, 7) is 8.51. The Hall–Kier alpha value is -2.44. The minimum Gasteiger partial charge on any atom is -0.507 e. The van der Waals surface area contributed by atoms with Gasteiger partial charge in [-0.25, -0.2) is 0 Å². The SMILES string of the molecule is CCC(C)(Pc1ccc(C)cc1C=Nc1ccccc1)c1cccc(C)c1O. The van der Waals surface area contributed by atoms with Gasteiger partial charge in [-0.2, -0.15) is 0 Å². The maximum absolute atomic E-state index is 10.7. The molecular weight excluding hydrogens is 361 g/mol. The summed E-state index contributed by atoms with van der Waals surface area (Å²) in [6.07, 6.45) is 2.92. The van der Waals surface area contributed by atoms with Crippen LogP contribution < -0.4 is 5.30 Å². The number of para-hydroxylation sites is 2. The van der Waals surface area contributed by atoms with E-state index in [-0.39, 0.29) is 5.16 Å². The molecule has 0 amide bonds. The molecule has 3 aromatic carbocycles. The highest BCUT2D eigenvalue weighted by Crippen LogP contribution is 2.47. The predicted octanol–water partition coefficient (Wildman–Crippen LogP) is 6.39. The average molecular weight is 389 g/mol. The molecule has 0 bridgehead atoms. The topological polar surface area (TPSA) is 32.6 Å². The largest absolute Gasteiger partial charge is 0.507 e. The molecule has 2 atom stereocenters. The smallest absolute Gasteiger partial charge is 0.122 e. The molecule has 0 radical (unpaired) electrons. The van der Waals surface area contributed by atoms with Crippen molar-refractivity contribution >= 4 is 25.8 Å².